The van der Waals surface area contributed by atoms with Gasteiger partial charge in [-0.3, -0.25) is 0 Å². The number of hydrogen-bond acceptors (Lipinski definition) is 5. The molecule has 0 aliphatic carbocycles. The van der Waals surface area contributed by atoms with Crippen molar-refractivity contribution in [2.24, 2.45) is 5.92 Å². The fraction of sp³-hybridized carbons (Fsp3) is 0.400. The molecule has 2 atom stereocenters. The van der Waals surface area contributed by atoms with E-state index in [1.54, 1.807) is 25.1 Å². The van der Waals surface area contributed by atoms with Crippen LogP contribution in [0.15, 0.2) is 42.5 Å². The van der Waals surface area contributed by atoms with Gasteiger partial charge in [0.25, 0.3) is 0 Å². The molecule has 1 rings (SSSR count). The van der Waals surface area contributed by atoms with Crippen LogP contribution in [0.2, 0.25) is 10.0 Å². The molecular formula is C20H23Cl2NaO5. The molecule has 0 saturated carbocycles. The summed E-state index contributed by atoms with van der Waals surface area (Å²) in [5.41, 5.74) is 0.727. The molecule has 0 N–H and O–H groups in total. The Morgan fingerprint density at radius 1 is 1.29 bits per heavy atom. The predicted octanol–water partition coefficient (Wildman–Crippen LogP) is 0.977. The van der Waals surface area contributed by atoms with E-state index in [0.29, 0.717) is 28.6 Å². The van der Waals surface area contributed by atoms with E-state index in [9.17, 15) is 14.7 Å². The predicted molar refractivity (Wildman–Crippen MR) is 104 cm³/mol. The van der Waals surface area contributed by atoms with Gasteiger partial charge in [-0.15, -0.1) is 0 Å². The SMILES string of the molecule is C=C(C)C(CCC(C)CC=CC(=O)[O-])OC(=O)COc1ccc(Cl)cc1Cl.[Na+]. The van der Waals surface area contributed by atoms with Crippen LogP contribution in [0.5, 0.6) is 5.75 Å². The minimum absolute atomic E-state index is 0. The first-order valence-electron chi connectivity index (χ1n) is 8.49. The van der Waals surface area contributed by atoms with E-state index in [-0.39, 0.29) is 42.1 Å². The first-order chi connectivity index (χ1) is 12.7. The maximum atomic E-state index is 12.1. The number of rotatable bonds is 11. The van der Waals surface area contributed by atoms with E-state index in [0.717, 1.165) is 18.1 Å². The quantitative estimate of drug-likeness (QED) is 0.223. The maximum Gasteiger partial charge on any atom is 1.00 e. The number of hydrogen-bond donors (Lipinski definition) is 0. The van der Waals surface area contributed by atoms with Crippen LogP contribution in [-0.2, 0) is 14.3 Å². The van der Waals surface area contributed by atoms with E-state index < -0.39 is 18.0 Å². The summed E-state index contributed by atoms with van der Waals surface area (Å²) in [7, 11) is 0. The number of carboxylic acids is 1. The Hall–Kier alpha value is -0.980. The molecule has 148 valence electrons. The molecule has 1 aromatic rings. The van der Waals surface area contributed by atoms with Gasteiger partial charge in [-0.05, 0) is 62.0 Å². The Kier molecular flexibility index (Phi) is 13.6. The molecule has 8 heteroatoms. The van der Waals surface area contributed by atoms with Crippen molar-refractivity contribution in [3.63, 3.8) is 0 Å². The van der Waals surface area contributed by atoms with E-state index in [1.165, 1.54) is 6.07 Å². The van der Waals surface area contributed by atoms with Crippen LogP contribution in [0.1, 0.15) is 33.1 Å². The second kappa shape index (κ2) is 14.1. The van der Waals surface area contributed by atoms with Crippen molar-refractivity contribution in [2.75, 3.05) is 6.61 Å². The topological polar surface area (TPSA) is 75.7 Å². The zero-order chi connectivity index (χ0) is 20.4. The standard InChI is InChI=1S/C20H24Cl2O5.Na/c1-13(2)17(9-7-14(3)5-4-6-19(23)24)27-20(25)12-26-18-10-8-15(21)11-16(18)22;/h4,6,8,10-11,14,17H,1,5,7,9,12H2,2-3H3,(H,23,24);/q;+1/p-1. The van der Waals surface area contributed by atoms with Crippen molar-refractivity contribution in [1.82, 2.24) is 0 Å². The number of esters is 1. The third kappa shape index (κ3) is 11.1. The number of carbonyl (C=O) groups excluding carboxylic acids is 2. The molecule has 0 saturated heterocycles. The van der Waals surface area contributed by atoms with Gasteiger partial charge in [0.2, 0.25) is 0 Å². The summed E-state index contributed by atoms with van der Waals surface area (Å²) >= 11 is 11.8. The number of benzene rings is 1. The molecule has 0 radical (unpaired) electrons. The summed E-state index contributed by atoms with van der Waals surface area (Å²) in [5.74, 6) is -1.17. The normalized spacial score (nSPS) is 12.7. The van der Waals surface area contributed by atoms with Gasteiger partial charge in [-0.1, -0.05) is 42.8 Å². The van der Waals surface area contributed by atoms with Gasteiger partial charge in [0, 0.05) is 5.02 Å². The second-order valence-corrected chi connectivity index (χ2v) is 7.17. The minimum Gasteiger partial charge on any atom is -0.545 e. The van der Waals surface area contributed by atoms with Gasteiger partial charge in [0.05, 0.1) is 11.0 Å². The fourth-order valence-electron chi connectivity index (χ4n) is 2.28. The second-order valence-electron chi connectivity index (χ2n) is 6.33. The molecule has 0 aliphatic heterocycles. The molecule has 0 amide bonds. The molecule has 0 aromatic heterocycles. The average Bonchev–Trinajstić information content (AvgIpc) is 2.57. The molecule has 5 nitrogen and oxygen atoms in total. The number of ether oxygens (including phenoxy) is 2. The van der Waals surface area contributed by atoms with E-state index in [2.05, 4.69) is 6.58 Å². The Bertz CT molecular complexity index is 706. The van der Waals surface area contributed by atoms with Crippen LogP contribution in [0, 0.1) is 5.92 Å². The van der Waals surface area contributed by atoms with Crippen molar-refractivity contribution >= 4 is 35.1 Å². The Balaban J connectivity index is 0.00000729. The van der Waals surface area contributed by atoms with Gasteiger partial charge in [-0.2, -0.15) is 0 Å². The van der Waals surface area contributed by atoms with Crippen LogP contribution >= 0.6 is 23.2 Å². The summed E-state index contributed by atoms with van der Waals surface area (Å²) in [6.07, 6.45) is 4.07. The zero-order valence-corrected chi connectivity index (χ0v) is 19.9. The number of carbonyl (C=O) groups is 2. The number of allylic oxidation sites excluding steroid dienone is 1. The van der Waals surface area contributed by atoms with Crippen molar-refractivity contribution in [3.05, 3.63) is 52.5 Å². The number of aliphatic carboxylic acids is 1. The van der Waals surface area contributed by atoms with Crippen molar-refractivity contribution in [2.45, 2.75) is 39.2 Å². The van der Waals surface area contributed by atoms with Gasteiger partial charge in [0.15, 0.2) is 6.61 Å². The van der Waals surface area contributed by atoms with Gasteiger partial charge < -0.3 is 19.4 Å². The first-order valence-corrected chi connectivity index (χ1v) is 9.25. The van der Waals surface area contributed by atoms with Crippen molar-refractivity contribution in [1.29, 1.82) is 0 Å². The summed E-state index contributed by atoms with van der Waals surface area (Å²) in [6.45, 7) is 7.35. The van der Waals surface area contributed by atoms with Crippen LogP contribution in [-0.4, -0.2) is 24.6 Å². The zero-order valence-electron chi connectivity index (χ0n) is 16.4. The van der Waals surface area contributed by atoms with Crippen molar-refractivity contribution in [3.8, 4) is 5.75 Å². The first kappa shape index (κ1) is 27.0. The van der Waals surface area contributed by atoms with Crippen LogP contribution in [0.4, 0.5) is 0 Å². The van der Waals surface area contributed by atoms with Crippen LogP contribution in [0.25, 0.3) is 0 Å². The number of halogens is 2. The van der Waals surface area contributed by atoms with Gasteiger partial charge >= 0.3 is 35.5 Å². The third-order valence-corrected chi connectivity index (χ3v) is 4.31. The molecular weight excluding hydrogens is 414 g/mol. The Morgan fingerprint density at radius 3 is 2.54 bits per heavy atom. The fourth-order valence-corrected chi connectivity index (χ4v) is 2.74. The molecule has 0 aliphatic rings. The third-order valence-electron chi connectivity index (χ3n) is 3.78. The van der Waals surface area contributed by atoms with E-state index >= 15 is 0 Å². The van der Waals surface area contributed by atoms with Crippen LogP contribution in [0.3, 0.4) is 0 Å². The molecule has 0 heterocycles. The number of carboxylic acid groups (broad SMARTS) is 1. The summed E-state index contributed by atoms with van der Waals surface area (Å²) in [4.78, 5) is 22.4. The van der Waals surface area contributed by atoms with Gasteiger partial charge in [0.1, 0.15) is 11.9 Å². The molecule has 0 fully saturated rings. The monoisotopic (exact) mass is 436 g/mol. The largest absolute Gasteiger partial charge is 1.00 e. The summed E-state index contributed by atoms with van der Waals surface area (Å²) < 4.78 is 10.8. The minimum atomic E-state index is -1.21. The van der Waals surface area contributed by atoms with E-state index in [4.69, 9.17) is 32.7 Å². The van der Waals surface area contributed by atoms with Crippen molar-refractivity contribution < 1.29 is 53.7 Å². The average molecular weight is 437 g/mol. The summed E-state index contributed by atoms with van der Waals surface area (Å²) in [5, 5.41) is 11.1. The molecule has 0 spiro atoms. The van der Waals surface area contributed by atoms with Gasteiger partial charge in [-0.25, -0.2) is 4.79 Å². The smallest absolute Gasteiger partial charge is 0.545 e. The molecule has 28 heavy (non-hydrogen) atoms. The maximum absolute atomic E-state index is 12.1. The van der Waals surface area contributed by atoms with E-state index in [1.807, 2.05) is 6.92 Å². The Labute approximate surface area is 198 Å². The molecule has 1 aromatic carbocycles. The molecule has 2 unspecified atom stereocenters. The summed E-state index contributed by atoms with van der Waals surface area (Å²) in [6, 6.07) is 4.72. The van der Waals surface area contributed by atoms with Crippen LogP contribution < -0.4 is 39.4 Å². The Morgan fingerprint density at radius 2 is 1.96 bits per heavy atom. The molecule has 0 bridgehead atoms.